The zero-order chi connectivity index (χ0) is 18.6. The van der Waals surface area contributed by atoms with Crippen LogP contribution in [0.5, 0.6) is 5.75 Å². The topological polar surface area (TPSA) is 75.7 Å². The summed E-state index contributed by atoms with van der Waals surface area (Å²) in [6, 6.07) is 11.2. The molecule has 0 saturated carbocycles. The third-order valence-electron chi connectivity index (χ3n) is 3.41. The summed E-state index contributed by atoms with van der Waals surface area (Å²) in [4.78, 5) is 12.1. The normalized spacial score (nSPS) is 11.4. The Balaban J connectivity index is 2.01. The SMILES string of the molecule is Cc1cc(S(=O)(=O)N(C)C)ccc1OCC(=O)Nc1ccc(Cl)cc1. The molecule has 134 valence electrons. The minimum absolute atomic E-state index is 0.174. The van der Waals surface area contributed by atoms with Gasteiger partial charge in [-0.25, -0.2) is 12.7 Å². The van der Waals surface area contributed by atoms with Crippen molar-refractivity contribution in [3.05, 3.63) is 53.1 Å². The average Bonchev–Trinajstić information content (AvgIpc) is 2.55. The van der Waals surface area contributed by atoms with Gasteiger partial charge in [-0.05, 0) is 55.0 Å². The monoisotopic (exact) mass is 382 g/mol. The fraction of sp³-hybridized carbons (Fsp3) is 0.235. The summed E-state index contributed by atoms with van der Waals surface area (Å²) in [6.45, 7) is 1.53. The average molecular weight is 383 g/mol. The number of nitrogens with zero attached hydrogens (tertiary/aromatic N) is 1. The Morgan fingerprint density at radius 1 is 1.16 bits per heavy atom. The number of aryl methyl sites for hydroxylation is 1. The van der Waals surface area contributed by atoms with E-state index in [0.29, 0.717) is 22.0 Å². The smallest absolute Gasteiger partial charge is 0.262 e. The highest BCUT2D eigenvalue weighted by atomic mass is 35.5. The number of hydrogen-bond acceptors (Lipinski definition) is 4. The van der Waals surface area contributed by atoms with Crippen LogP contribution in [0.3, 0.4) is 0 Å². The standard InChI is InChI=1S/C17H19ClN2O4S/c1-12-10-15(25(22,23)20(2)3)8-9-16(12)24-11-17(21)19-14-6-4-13(18)5-7-14/h4-10H,11H2,1-3H3,(H,19,21). The second-order valence-electron chi connectivity index (χ2n) is 5.56. The van der Waals surface area contributed by atoms with Gasteiger partial charge in [0, 0.05) is 24.8 Å². The van der Waals surface area contributed by atoms with Gasteiger partial charge in [0.2, 0.25) is 10.0 Å². The van der Waals surface area contributed by atoms with E-state index < -0.39 is 10.0 Å². The second kappa shape index (κ2) is 7.86. The Kier molecular flexibility index (Phi) is 6.05. The minimum Gasteiger partial charge on any atom is -0.483 e. The van der Waals surface area contributed by atoms with Crippen molar-refractivity contribution in [2.24, 2.45) is 0 Å². The molecule has 0 spiro atoms. The molecule has 0 aliphatic carbocycles. The van der Waals surface area contributed by atoms with Crippen LogP contribution in [0.1, 0.15) is 5.56 Å². The number of hydrogen-bond donors (Lipinski definition) is 1. The lowest BCUT2D eigenvalue weighted by Crippen LogP contribution is -2.22. The van der Waals surface area contributed by atoms with E-state index in [2.05, 4.69) is 5.32 Å². The number of carbonyl (C=O) groups excluding carboxylic acids is 1. The summed E-state index contributed by atoms with van der Waals surface area (Å²) < 4.78 is 30.8. The number of carbonyl (C=O) groups is 1. The number of rotatable bonds is 6. The first kappa shape index (κ1) is 19.2. The van der Waals surface area contributed by atoms with E-state index >= 15 is 0 Å². The van der Waals surface area contributed by atoms with Crippen molar-refractivity contribution in [3.63, 3.8) is 0 Å². The van der Waals surface area contributed by atoms with E-state index in [9.17, 15) is 13.2 Å². The van der Waals surface area contributed by atoms with E-state index in [1.807, 2.05) is 0 Å². The molecule has 1 N–H and O–H groups in total. The van der Waals surface area contributed by atoms with Crippen LogP contribution in [0.2, 0.25) is 5.02 Å². The predicted molar refractivity (Wildman–Crippen MR) is 97.6 cm³/mol. The van der Waals surface area contributed by atoms with Crippen molar-refractivity contribution in [2.75, 3.05) is 26.0 Å². The van der Waals surface area contributed by atoms with Gasteiger partial charge in [-0.2, -0.15) is 0 Å². The van der Waals surface area contributed by atoms with Crippen LogP contribution >= 0.6 is 11.6 Å². The first-order valence-electron chi connectivity index (χ1n) is 7.41. The number of amides is 1. The molecule has 0 fully saturated rings. The molecule has 0 atom stereocenters. The van der Waals surface area contributed by atoms with Crippen LogP contribution < -0.4 is 10.1 Å². The number of nitrogens with one attached hydrogen (secondary N) is 1. The molecule has 0 radical (unpaired) electrons. The summed E-state index contributed by atoms with van der Waals surface area (Å²) in [5.41, 5.74) is 1.24. The Bertz CT molecular complexity index is 865. The number of halogens is 1. The third-order valence-corrected chi connectivity index (χ3v) is 5.47. The number of anilines is 1. The summed E-state index contributed by atoms with van der Waals surface area (Å²) in [6.07, 6.45) is 0. The van der Waals surface area contributed by atoms with E-state index in [1.165, 1.54) is 26.2 Å². The fourth-order valence-corrected chi connectivity index (χ4v) is 3.14. The first-order valence-corrected chi connectivity index (χ1v) is 9.23. The Hall–Kier alpha value is -2.09. The highest BCUT2D eigenvalue weighted by molar-refractivity contribution is 7.89. The number of benzene rings is 2. The van der Waals surface area contributed by atoms with Gasteiger partial charge in [0.15, 0.2) is 6.61 Å². The molecule has 25 heavy (non-hydrogen) atoms. The highest BCUT2D eigenvalue weighted by Gasteiger charge is 2.18. The molecule has 0 unspecified atom stereocenters. The summed E-state index contributed by atoms with van der Waals surface area (Å²) in [5.74, 6) is 0.121. The molecule has 2 rings (SSSR count). The van der Waals surface area contributed by atoms with Gasteiger partial charge in [-0.15, -0.1) is 0 Å². The number of ether oxygens (including phenoxy) is 1. The van der Waals surface area contributed by atoms with Crippen molar-refractivity contribution >= 4 is 33.2 Å². The van der Waals surface area contributed by atoms with Crippen molar-refractivity contribution in [2.45, 2.75) is 11.8 Å². The zero-order valence-electron chi connectivity index (χ0n) is 14.1. The molecular formula is C17H19ClN2O4S. The lowest BCUT2D eigenvalue weighted by Gasteiger charge is -2.14. The van der Waals surface area contributed by atoms with Gasteiger partial charge in [0.05, 0.1) is 4.90 Å². The van der Waals surface area contributed by atoms with Gasteiger partial charge >= 0.3 is 0 Å². The maximum Gasteiger partial charge on any atom is 0.262 e. The van der Waals surface area contributed by atoms with E-state index in [0.717, 1.165) is 4.31 Å². The van der Waals surface area contributed by atoms with E-state index in [4.69, 9.17) is 16.3 Å². The van der Waals surface area contributed by atoms with Crippen LogP contribution in [-0.2, 0) is 14.8 Å². The van der Waals surface area contributed by atoms with Gasteiger partial charge in [0.25, 0.3) is 5.91 Å². The third kappa shape index (κ3) is 4.94. The summed E-state index contributed by atoms with van der Waals surface area (Å²) in [5, 5.41) is 3.27. The fourth-order valence-electron chi connectivity index (χ4n) is 2.03. The molecule has 0 heterocycles. The molecule has 0 aliphatic heterocycles. The lowest BCUT2D eigenvalue weighted by atomic mass is 10.2. The Labute approximate surface area is 152 Å². The minimum atomic E-state index is -3.50. The largest absolute Gasteiger partial charge is 0.483 e. The number of sulfonamides is 1. The molecular weight excluding hydrogens is 364 g/mol. The maximum absolute atomic E-state index is 12.1. The maximum atomic E-state index is 12.1. The second-order valence-corrected chi connectivity index (χ2v) is 8.15. The van der Waals surface area contributed by atoms with Crippen LogP contribution in [0.15, 0.2) is 47.4 Å². The van der Waals surface area contributed by atoms with Crippen LogP contribution in [-0.4, -0.2) is 39.3 Å². The molecule has 0 aliphatic rings. The van der Waals surface area contributed by atoms with Crippen LogP contribution in [0, 0.1) is 6.92 Å². The molecule has 8 heteroatoms. The van der Waals surface area contributed by atoms with Gasteiger partial charge < -0.3 is 10.1 Å². The van der Waals surface area contributed by atoms with Crippen molar-refractivity contribution in [1.82, 2.24) is 4.31 Å². The highest BCUT2D eigenvalue weighted by Crippen LogP contribution is 2.23. The molecule has 0 aromatic heterocycles. The first-order chi connectivity index (χ1) is 11.7. The van der Waals surface area contributed by atoms with Gasteiger partial charge in [0.1, 0.15) is 5.75 Å². The van der Waals surface area contributed by atoms with Crippen molar-refractivity contribution < 1.29 is 17.9 Å². The van der Waals surface area contributed by atoms with Crippen LogP contribution in [0.4, 0.5) is 5.69 Å². The molecule has 2 aromatic carbocycles. The Morgan fingerprint density at radius 3 is 2.36 bits per heavy atom. The van der Waals surface area contributed by atoms with Crippen molar-refractivity contribution in [1.29, 1.82) is 0 Å². The van der Waals surface area contributed by atoms with E-state index in [-0.39, 0.29) is 17.4 Å². The summed E-state index contributed by atoms with van der Waals surface area (Å²) >= 11 is 5.79. The molecule has 0 saturated heterocycles. The molecule has 2 aromatic rings. The molecule has 0 bridgehead atoms. The zero-order valence-corrected chi connectivity index (χ0v) is 15.7. The van der Waals surface area contributed by atoms with Crippen molar-refractivity contribution in [3.8, 4) is 5.75 Å². The van der Waals surface area contributed by atoms with Crippen LogP contribution in [0.25, 0.3) is 0 Å². The molecule has 6 nitrogen and oxygen atoms in total. The quantitative estimate of drug-likeness (QED) is 0.833. The Morgan fingerprint density at radius 2 is 1.80 bits per heavy atom. The van der Waals surface area contributed by atoms with Gasteiger partial charge in [-0.1, -0.05) is 11.6 Å². The predicted octanol–water partition coefficient (Wildman–Crippen LogP) is 2.92. The van der Waals surface area contributed by atoms with E-state index in [1.54, 1.807) is 37.3 Å². The lowest BCUT2D eigenvalue weighted by molar-refractivity contribution is -0.118. The summed E-state index contributed by atoms with van der Waals surface area (Å²) in [7, 11) is -0.567. The van der Waals surface area contributed by atoms with Gasteiger partial charge in [-0.3, -0.25) is 4.79 Å². The molecule has 1 amide bonds.